The maximum Gasteiger partial charge on any atom is 0.343 e. The van der Waals surface area contributed by atoms with Gasteiger partial charge in [-0.1, -0.05) is 17.7 Å². The van der Waals surface area contributed by atoms with E-state index in [9.17, 15) is 14.4 Å². The van der Waals surface area contributed by atoms with Gasteiger partial charge in [0, 0.05) is 12.6 Å². The number of aryl methyl sites for hydroxylation is 2. The molecule has 0 aliphatic carbocycles. The molecule has 1 heterocycles. The number of carbonyl (C=O) groups excluding carboxylic acids is 3. The molecule has 0 radical (unpaired) electrons. The third-order valence-corrected chi connectivity index (χ3v) is 4.21. The Labute approximate surface area is 148 Å². The van der Waals surface area contributed by atoms with E-state index in [-0.39, 0.29) is 0 Å². The molecule has 8 nitrogen and oxygen atoms in total. The molecule has 0 bridgehead atoms. The SMILES string of the molecule is CNc1snc(C)c1C(=O)OCC(=O)NNC(=O)c1ccc(C)cc1. The average molecular weight is 362 g/mol. The number of aromatic nitrogens is 1. The molecular formula is C16H18N4O4S. The highest BCUT2D eigenvalue weighted by atomic mass is 32.1. The van der Waals surface area contributed by atoms with E-state index >= 15 is 0 Å². The molecule has 0 atom stereocenters. The van der Waals surface area contributed by atoms with Gasteiger partial charge in [0.2, 0.25) is 0 Å². The minimum Gasteiger partial charge on any atom is -0.452 e. The van der Waals surface area contributed by atoms with Crippen LogP contribution in [-0.2, 0) is 9.53 Å². The zero-order valence-corrected chi connectivity index (χ0v) is 14.8. The van der Waals surface area contributed by atoms with Crippen LogP contribution in [0.1, 0.15) is 32.0 Å². The van der Waals surface area contributed by atoms with Crippen molar-refractivity contribution < 1.29 is 19.1 Å². The van der Waals surface area contributed by atoms with E-state index < -0.39 is 24.4 Å². The predicted molar refractivity (Wildman–Crippen MR) is 93.5 cm³/mol. The van der Waals surface area contributed by atoms with Gasteiger partial charge in [-0.05, 0) is 37.5 Å². The Bertz CT molecular complexity index is 786. The molecule has 0 saturated carbocycles. The summed E-state index contributed by atoms with van der Waals surface area (Å²) in [5, 5.41) is 3.41. The van der Waals surface area contributed by atoms with Crippen LogP contribution in [0.25, 0.3) is 0 Å². The van der Waals surface area contributed by atoms with Crippen molar-refractivity contribution in [1.82, 2.24) is 15.2 Å². The molecule has 3 N–H and O–H groups in total. The van der Waals surface area contributed by atoms with Gasteiger partial charge < -0.3 is 10.1 Å². The van der Waals surface area contributed by atoms with Crippen molar-refractivity contribution in [3.05, 3.63) is 46.6 Å². The fourth-order valence-corrected chi connectivity index (χ4v) is 2.66. The monoisotopic (exact) mass is 362 g/mol. The minimum absolute atomic E-state index is 0.295. The van der Waals surface area contributed by atoms with Crippen LogP contribution in [0.15, 0.2) is 24.3 Å². The summed E-state index contributed by atoms with van der Waals surface area (Å²) in [5.74, 6) is -1.77. The number of benzene rings is 1. The van der Waals surface area contributed by atoms with E-state index in [1.54, 1.807) is 38.2 Å². The summed E-state index contributed by atoms with van der Waals surface area (Å²) in [4.78, 5) is 35.6. The lowest BCUT2D eigenvalue weighted by atomic mass is 10.1. The zero-order chi connectivity index (χ0) is 18.4. The van der Waals surface area contributed by atoms with Crippen molar-refractivity contribution in [1.29, 1.82) is 0 Å². The van der Waals surface area contributed by atoms with Crippen LogP contribution in [0.2, 0.25) is 0 Å². The number of nitrogens with zero attached hydrogens (tertiary/aromatic N) is 1. The molecule has 0 spiro atoms. The summed E-state index contributed by atoms with van der Waals surface area (Å²) in [5.41, 5.74) is 6.69. The molecule has 2 amide bonds. The van der Waals surface area contributed by atoms with Crippen LogP contribution in [0.3, 0.4) is 0 Å². The molecule has 132 valence electrons. The molecule has 25 heavy (non-hydrogen) atoms. The number of nitrogens with one attached hydrogen (secondary N) is 3. The number of hydrogen-bond acceptors (Lipinski definition) is 7. The van der Waals surface area contributed by atoms with Crippen molar-refractivity contribution in [3.63, 3.8) is 0 Å². The van der Waals surface area contributed by atoms with Gasteiger partial charge in [0.15, 0.2) is 6.61 Å². The largest absolute Gasteiger partial charge is 0.452 e. The zero-order valence-electron chi connectivity index (χ0n) is 14.0. The Kier molecular flexibility index (Phi) is 6.07. The number of ether oxygens (including phenoxy) is 1. The fourth-order valence-electron chi connectivity index (χ4n) is 1.92. The van der Waals surface area contributed by atoms with Gasteiger partial charge in [-0.2, -0.15) is 4.37 Å². The summed E-state index contributed by atoms with van der Waals surface area (Å²) in [7, 11) is 1.66. The van der Waals surface area contributed by atoms with Crippen molar-refractivity contribution in [2.75, 3.05) is 19.0 Å². The molecule has 9 heteroatoms. The second kappa shape index (κ2) is 8.25. The van der Waals surface area contributed by atoms with Crippen LogP contribution in [0.5, 0.6) is 0 Å². The first-order valence-electron chi connectivity index (χ1n) is 7.39. The van der Waals surface area contributed by atoms with Crippen LogP contribution >= 0.6 is 11.5 Å². The third kappa shape index (κ3) is 4.77. The quantitative estimate of drug-likeness (QED) is 0.548. The van der Waals surface area contributed by atoms with E-state index in [4.69, 9.17) is 4.74 Å². The second-order valence-corrected chi connectivity index (χ2v) is 5.94. The summed E-state index contributed by atoms with van der Waals surface area (Å²) in [6.45, 7) is 3.06. The highest BCUT2D eigenvalue weighted by molar-refractivity contribution is 7.10. The van der Waals surface area contributed by atoms with E-state index in [1.807, 2.05) is 6.92 Å². The number of amides is 2. The first kappa shape index (κ1) is 18.4. The fraction of sp³-hybridized carbons (Fsp3) is 0.250. The standard InChI is InChI=1S/C16H18N4O4S/c1-9-4-6-11(7-5-9)14(22)19-18-12(21)8-24-16(23)13-10(2)20-25-15(13)17-3/h4-7,17H,8H2,1-3H3,(H,18,21)(H,19,22). The Morgan fingerprint density at radius 1 is 1.12 bits per heavy atom. The average Bonchev–Trinajstić information content (AvgIpc) is 2.99. The highest BCUT2D eigenvalue weighted by Crippen LogP contribution is 2.24. The van der Waals surface area contributed by atoms with Crippen molar-refractivity contribution >= 4 is 34.3 Å². The van der Waals surface area contributed by atoms with Gasteiger partial charge >= 0.3 is 5.97 Å². The molecule has 0 fully saturated rings. The number of rotatable bonds is 5. The Morgan fingerprint density at radius 3 is 2.44 bits per heavy atom. The Morgan fingerprint density at radius 2 is 1.80 bits per heavy atom. The number of carbonyl (C=O) groups is 3. The van der Waals surface area contributed by atoms with Crippen molar-refractivity contribution in [2.45, 2.75) is 13.8 Å². The van der Waals surface area contributed by atoms with Crippen LogP contribution < -0.4 is 16.2 Å². The molecule has 0 unspecified atom stereocenters. The van der Waals surface area contributed by atoms with Crippen molar-refractivity contribution in [3.8, 4) is 0 Å². The van der Waals surface area contributed by atoms with E-state index in [0.29, 0.717) is 21.8 Å². The van der Waals surface area contributed by atoms with Gasteiger partial charge in [0.25, 0.3) is 11.8 Å². The number of esters is 1. The molecule has 1 aromatic heterocycles. The van der Waals surface area contributed by atoms with Crippen LogP contribution in [0, 0.1) is 13.8 Å². The number of hydrazine groups is 1. The number of anilines is 1. The Hall–Kier alpha value is -2.94. The first-order chi connectivity index (χ1) is 11.9. The normalized spacial score (nSPS) is 10.0. The summed E-state index contributed by atoms with van der Waals surface area (Å²) in [6.07, 6.45) is 0. The van der Waals surface area contributed by atoms with E-state index in [0.717, 1.165) is 17.1 Å². The maximum atomic E-state index is 12.0. The molecule has 0 saturated heterocycles. The van der Waals surface area contributed by atoms with Gasteiger partial charge in [0.05, 0.1) is 5.69 Å². The van der Waals surface area contributed by atoms with E-state index in [2.05, 4.69) is 20.5 Å². The molecule has 0 aliphatic heterocycles. The molecule has 2 aromatic rings. The van der Waals surface area contributed by atoms with Gasteiger partial charge in [-0.3, -0.25) is 20.4 Å². The van der Waals surface area contributed by atoms with Gasteiger partial charge in [-0.25, -0.2) is 4.79 Å². The molecule has 1 aromatic carbocycles. The Balaban J connectivity index is 1.82. The highest BCUT2D eigenvalue weighted by Gasteiger charge is 2.20. The maximum absolute atomic E-state index is 12.0. The lowest BCUT2D eigenvalue weighted by Gasteiger charge is -2.09. The number of hydrogen-bond donors (Lipinski definition) is 3. The predicted octanol–water partition coefficient (Wildman–Crippen LogP) is 1.42. The topological polar surface area (TPSA) is 109 Å². The molecular weight excluding hydrogens is 344 g/mol. The van der Waals surface area contributed by atoms with E-state index in [1.165, 1.54) is 0 Å². The lowest BCUT2D eigenvalue weighted by molar-refractivity contribution is -0.125. The second-order valence-electron chi connectivity index (χ2n) is 5.17. The summed E-state index contributed by atoms with van der Waals surface area (Å²) < 4.78 is 9.01. The van der Waals surface area contributed by atoms with Gasteiger partial charge in [-0.15, -0.1) is 0 Å². The molecule has 0 aliphatic rings. The van der Waals surface area contributed by atoms with Crippen LogP contribution in [0.4, 0.5) is 5.00 Å². The smallest absolute Gasteiger partial charge is 0.343 e. The summed E-state index contributed by atoms with van der Waals surface area (Å²) >= 11 is 1.13. The minimum atomic E-state index is -0.657. The van der Waals surface area contributed by atoms with Crippen molar-refractivity contribution in [2.24, 2.45) is 0 Å². The van der Waals surface area contributed by atoms with Gasteiger partial charge in [0.1, 0.15) is 10.6 Å². The summed E-state index contributed by atoms with van der Waals surface area (Å²) in [6, 6.07) is 6.86. The van der Waals surface area contributed by atoms with Crippen LogP contribution in [-0.4, -0.2) is 35.8 Å². The molecule has 2 rings (SSSR count). The first-order valence-corrected chi connectivity index (χ1v) is 8.16. The lowest BCUT2D eigenvalue weighted by Crippen LogP contribution is -2.43. The third-order valence-electron chi connectivity index (χ3n) is 3.26.